The van der Waals surface area contributed by atoms with Crippen molar-refractivity contribution in [1.82, 2.24) is 4.98 Å². The maximum Gasteiger partial charge on any atom is 0.141 e. The number of nitrogens with zero attached hydrogens (tertiary/aromatic N) is 1. The van der Waals surface area contributed by atoms with Crippen molar-refractivity contribution in [2.75, 3.05) is 0 Å². The van der Waals surface area contributed by atoms with E-state index in [0.717, 1.165) is 22.2 Å². The molecule has 1 heterocycles. The Labute approximate surface area is 109 Å². The molecule has 0 N–H and O–H groups in total. The molecule has 1 aromatic heterocycles. The van der Waals surface area contributed by atoms with Crippen LogP contribution < -0.4 is 0 Å². The van der Waals surface area contributed by atoms with Crippen LogP contribution in [0.5, 0.6) is 0 Å². The van der Waals surface area contributed by atoms with Crippen LogP contribution in [0.1, 0.15) is 0 Å². The molecule has 3 heteroatoms. The van der Waals surface area contributed by atoms with Crippen molar-refractivity contribution in [2.24, 2.45) is 0 Å². The van der Waals surface area contributed by atoms with E-state index in [4.69, 9.17) is 11.6 Å². The zero-order valence-electron chi connectivity index (χ0n) is 9.32. The summed E-state index contributed by atoms with van der Waals surface area (Å²) in [6.07, 6.45) is 0. The number of hydrogen-bond acceptors (Lipinski definition) is 1. The molecule has 18 heavy (non-hydrogen) atoms. The molecule has 1 nitrogen and oxygen atoms in total. The van der Waals surface area contributed by atoms with Crippen molar-refractivity contribution in [3.05, 3.63) is 65.4 Å². The van der Waals surface area contributed by atoms with Gasteiger partial charge in [-0.15, -0.1) is 0 Å². The molecule has 0 fully saturated rings. The molecule has 1 radical (unpaired) electrons. The number of hydrogen-bond donors (Lipinski definition) is 0. The molecule has 0 aliphatic rings. The van der Waals surface area contributed by atoms with Crippen LogP contribution in [-0.4, -0.2) is 4.98 Å². The first-order valence-electron chi connectivity index (χ1n) is 5.46. The molecule has 0 unspecified atom stereocenters. The Morgan fingerprint density at radius 2 is 2.00 bits per heavy atom. The van der Waals surface area contributed by atoms with Gasteiger partial charge in [0.15, 0.2) is 0 Å². The molecule has 0 aliphatic carbocycles. The summed E-state index contributed by atoms with van der Waals surface area (Å²) < 4.78 is 13.1. The fraction of sp³-hybridized carbons (Fsp3) is 0. The third-order valence-electron chi connectivity index (χ3n) is 2.75. The molecular weight excluding hydrogens is 249 g/mol. The molecule has 0 amide bonds. The first-order valence-corrected chi connectivity index (χ1v) is 5.84. The van der Waals surface area contributed by atoms with E-state index in [9.17, 15) is 4.39 Å². The van der Waals surface area contributed by atoms with E-state index in [2.05, 4.69) is 11.1 Å². The van der Waals surface area contributed by atoms with Gasteiger partial charge in [0.1, 0.15) is 5.82 Å². The number of pyridine rings is 1. The predicted octanol–water partition coefficient (Wildman–Crippen LogP) is 4.49. The van der Waals surface area contributed by atoms with Gasteiger partial charge < -0.3 is 0 Å². The third-order valence-corrected chi connectivity index (χ3v) is 3.04. The second-order valence-electron chi connectivity index (χ2n) is 3.94. The highest BCUT2D eigenvalue weighted by molar-refractivity contribution is 6.31. The van der Waals surface area contributed by atoms with E-state index in [0.29, 0.717) is 0 Å². The minimum atomic E-state index is -0.422. The largest absolute Gasteiger partial charge is 0.248 e. The summed E-state index contributed by atoms with van der Waals surface area (Å²) in [5.41, 5.74) is 2.42. The highest BCUT2D eigenvalue weighted by atomic mass is 35.5. The van der Waals surface area contributed by atoms with Crippen molar-refractivity contribution in [3.8, 4) is 11.3 Å². The summed E-state index contributed by atoms with van der Waals surface area (Å²) in [6.45, 7) is 0. The second-order valence-corrected chi connectivity index (χ2v) is 4.35. The fourth-order valence-electron chi connectivity index (χ4n) is 1.82. The van der Waals surface area contributed by atoms with Crippen LogP contribution in [0, 0.1) is 11.9 Å². The zero-order valence-corrected chi connectivity index (χ0v) is 10.1. The maximum atomic E-state index is 13.1. The number of aromatic nitrogens is 1. The summed E-state index contributed by atoms with van der Waals surface area (Å²) >= 11 is 5.77. The molecule has 0 saturated heterocycles. The topological polar surface area (TPSA) is 12.9 Å². The lowest BCUT2D eigenvalue weighted by Gasteiger charge is -2.04. The van der Waals surface area contributed by atoms with E-state index in [1.807, 2.05) is 30.3 Å². The zero-order chi connectivity index (χ0) is 12.5. The predicted molar refractivity (Wildman–Crippen MR) is 71.0 cm³/mol. The Kier molecular flexibility index (Phi) is 2.73. The van der Waals surface area contributed by atoms with Crippen LogP contribution in [-0.2, 0) is 0 Å². The summed E-state index contributed by atoms with van der Waals surface area (Å²) in [4.78, 5) is 4.50. The molecule has 0 aliphatic heterocycles. The van der Waals surface area contributed by atoms with Crippen molar-refractivity contribution < 1.29 is 4.39 Å². The molecule has 0 spiro atoms. The average molecular weight is 257 g/mol. The lowest BCUT2D eigenvalue weighted by atomic mass is 10.1. The first kappa shape index (κ1) is 11.2. The minimum absolute atomic E-state index is 0.106. The minimum Gasteiger partial charge on any atom is -0.248 e. The molecule has 0 bridgehead atoms. The molecule has 0 atom stereocenters. The van der Waals surface area contributed by atoms with Gasteiger partial charge in [-0.25, -0.2) is 9.37 Å². The van der Waals surface area contributed by atoms with Crippen molar-refractivity contribution in [1.29, 1.82) is 0 Å². The first-order chi connectivity index (χ1) is 8.74. The smallest absolute Gasteiger partial charge is 0.141 e. The van der Waals surface area contributed by atoms with Gasteiger partial charge in [0.25, 0.3) is 0 Å². The molecule has 3 rings (SSSR count). The van der Waals surface area contributed by atoms with Crippen molar-refractivity contribution >= 4 is 22.5 Å². The van der Waals surface area contributed by atoms with Gasteiger partial charge in [-0.3, -0.25) is 0 Å². The van der Waals surface area contributed by atoms with Gasteiger partial charge in [0.05, 0.1) is 16.2 Å². The lowest BCUT2D eigenvalue weighted by molar-refractivity contribution is 0.628. The van der Waals surface area contributed by atoms with Crippen LogP contribution in [0.4, 0.5) is 4.39 Å². The van der Waals surface area contributed by atoms with E-state index >= 15 is 0 Å². The van der Waals surface area contributed by atoms with E-state index in [1.54, 1.807) is 12.1 Å². The van der Waals surface area contributed by atoms with Crippen LogP contribution in [0.3, 0.4) is 0 Å². The Balaban J connectivity index is 2.16. The number of fused-ring (bicyclic) bond motifs is 1. The Hall–Kier alpha value is -1.93. The number of benzene rings is 2. The highest BCUT2D eigenvalue weighted by Gasteiger charge is 2.05. The van der Waals surface area contributed by atoms with Gasteiger partial charge in [0.2, 0.25) is 0 Å². The molecule has 3 aromatic rings. The average Bonchev–Trinajstić information content (AvgIpc) is 2.41. The van der Waals surface area contributed by atoms with Crippen LogP contribution in [0.2, 0.25) is 5.02 Å². The normalized spacial score (nSPS) is 10.8. The Bertz CT molecular complexity index is 725. The van der Waals surface area contributed by atoms with Gasteiger partial charge in [-0.2, -0.15) is 0 Å². The quantitative estimate of drug-likeness (QED) is 0.625. The van der Waals surface area contributed by atoms with Crippen molar-refractivity contribution in [3.63, 3.8) is 0 Å². The highest BCUT2D eigenvalue weighted by Crippen LogP contribution is 2.25. The van der Waals surface area contributed by atoms with E-state index < -0.39 is 5.82 Å². The standard InChI is InChI=1S/C15H8ClFN/c16-12-9-11(5-7-13(12)17)15-8-6-10-3-1-2-4-14(10)18-15/h1,3-9H. The molecule has 87 valence electrons. The van der Waals surface area contributed by atoms with Crippen LogP contribution in [0.25, 0.3) is 22.2 Å². The van der Waals surface area contributed by atoms with E-state index in [1.165, 1.54) is 6.07 Å². The number of rotatable bonds is 1. The lowest BCUT2D eigenvalue weighted by Crippen LogP contribution is -1.86. The van der Waals surface area contributed by atoms with Gasteiger partial charge in [-0.05, 0) is 36.4 Å². The maximum absolute atomic E-state index is 13.1. The fourth-order valence-corrected chi connectivity index (χ4v) is 2.00. The summed E-state index contributed by atoms with van der Waals surface area (Å²) in [5, 5.41) is 1.15. The Morgan fingerprint density at radius 3 is 2.83 bits per heavy atom. The third kappa shape index (κ3) is 1.95. The summed E-state index contributed by atoms with van der Waals surface area (Å²) in [7, 11) is 0. The molecular formula is C15H8ClFN. The number of halogens is 2. The van der Waals surface area contributed by atoms with Crippen LogP contribution >= 0.6 is 11.6 Å². The van der Waals surface area contributed by atoms with Gasteiger partial charge in [0, 0.05) is 10.9 Å². The second kappa shape index (κ2) is 4.39. The van der Waals surface area contributed by atoms with Crippen LogP contribution in [0.15, 0.2) is 48.5 Å². The Morgan fingerprint density at radius 1 is 1.11 bits per heavy atom. The summed E-state index contributed by atoms with van der Waals surface area (Å²) in [6, 6.07) is 17.1. The van der Waals surface area contributed by atoms with E-state index in [-0.39, 0.29) is 5.02 Å². The molecule has 0 saturated carbocycles. The monoisotopic (exact) mass is 256 g/mol. The summed E-state index contributed by atoms with van der Waals surface area (Å²) in [5.74, 6) is -0.422. The molecule has 2 aromatic carbocycles. The van der Waals surface area contributed by atoms with Gasteiger partial charge >= 0.3 is 0 Å². The van der Waals surface area contributed by atoms with Gasteiger partial charge in [-0.1, -0.05) is 29.8 Å². The van der Waals surface area contributed by atoms with Crippen molar-refractivity contribution in [2.45, 2.75) is 0 Å². The SMILES string of the molecule is Fc1ccc(-c2ccc3cc[c]cc3n2)cc1Cl.